The summed E-state index contributed by atoms with van der Waals surface area (Å²) in [6.45, 7) is 5.12. The van der Waals surface area contributed by atoms with Gasteiger partial charge in [-0.2, -0.15) is 0 Å². The first-order chi connectivity index (χ1) is 11.1. The number of halogens is 3. The maximum Gasteiger partial charge on any atom is 0.191 e. The van der Waals surface area contributed by atoms with Gasteiger partial charge in [0.15, 0.2) is 5.96 Å². The van der Waals surface area contributed by atoms with E-state index in [4.69, 9.17) is 23.2 Å². The van der Waals surface area contributed by atoms with E-state index in [1.807, 2.05) is 37.1 Å². The van der Waals surface area contributed by atoms with Crippen molar-refractivity contribution in [2.45, 2.75) is 26.4 Å². The molecule has 0 fully saturated rings. The highest BCUT2D eigenvalue weighted by Gasteiger charge is 2.08. The molecular formula is C15H23Cl2IN6. The summed E-state index contributed by atoms with van der Waals surface area (Å²) < 4.78 is 3.90. The Kier molecular flexibility index (Phi) is 9.53. The molecule has 0 unspecified atom stereocenters. The van der Waals surface area contributed by atoms with Crippen molar-refractivity contribution in [3.05, 3.63) is 40.7 Å². The highest BCUT2D eigenvalue weighted by molar-refractivity contribution is 14.0. The molecular weight excluding hydrogens is 462 g/mol. The summed E-state index contributed by atoms with van der Waals surface area (Å²) in [5.41, 5.74) is 0.968. The number of hydrogen-bond acceptors (Lipinski definition) is 2. The first-order valence-corrected chi connectivity index (χ1v) is 8.35. The predicted octanol–water partition coefficient (Wildman–Crippen LogP) is 3.29. The zero-order valence-corrected chi connectivity index (χ0v) is 17.6. The molecule has 6 nitrogen and oxygen atoms in total. The number of nitrogens with zero attached hydrogens (tertiary/aromatic N) is 4. The van der Waals surface area contributed by atoms with Gasteiger partial charge in [-0.25, -0.2) is 9.98 Å². The molecule has 0 aliphatic carbocycles. The zero-order valence-electron chi connectivity index (χ0n) is 13.8. The number of aryl methyl sites for hydroxylation is 1. The molecule has 24 heavy (non-hydrogen) atoms. The van der Waals surface area contributed by atoms with Gasteiger partial charge in [0.1, 0.15) is 5.15 Å². The topological polar surface area (TPSA) is 59.2 Å². The fourth-order valence-corrected chi connectivity index (χ4v) is 2.55. The third-order valence-corrected chi connectivity index (χ3v) is 4.25. The minimum absolute atomic E-state index is 0. The molecule has 2 rings (SSSR count). The van der Waals surface area contributed by atoms with Gasteiger partial charge in [0.2, 0.25) is 0 Å². The van der Waals surface area contributed by atoms with E-state index < -0.39 is 0 Å². The minimum Gasteiger partial charge on any atom is -0.357 e. The van der Waals surface area contributed by atoms with Gasteiger partial charge in [-0.1, -0.05) is 23.2 Å². The molecule has 0 spiro atoms. The third kappa shape index (κ3) is 6.18. The van der Waals surface area contributed by atoms with E-state index in [0.29, 0.717) is 16.7 Å². The molecule has 0 saturated carbocycles. The molecule has 134 valence electrons. The van der Waals surface area contributed by atoms with Crippen molar-refractivity contribution in [2.75, 3.05) is 13.1 Å². The first-order valence-electron chi connectivity index (χ1n) is 7.59. The third-order valence-electron chi connectivity index (χ3n) is 3.40. The lowest BCUT2D eigenvalue weighted by Crippen LogP contribution is -2.38. The van der Waals surface area contributed by atoms with Crippen molar-refractivity contribution >= 4 is 53.1 Å². The second-order valence-corrected chi connectivity index (χ2v) is 5.87. The van der Waals surface area contributed by atoms with Crippen LogP contribution in [0, 0.1) is 0 Å². The molecule has 2 N–H and O–H groups in total. The molecule has 0 aliphatic heterocycles. The highest BCUT2D eigenvalue weighted by atomic mass is 127. The molecule has 0 amide bonds. The van der Waals surface area contributed by atoms with Gasteiger partial charge in [0.05, 0.1) is 17.9 Å². The van der Waals surface area contributed by atoms with Crippen LogP contribution in [0.4, 0.5) is 0 Å². The normalized spacial score (nSPS) is 11.2. The lowest BCUT2D eigenvalue weighted by atomic mass is 10.4. The standard InChI is InChI=1S/C15H22Cl2N6.HI/c1-3-19-15(20-5-4-7-23-8-6-18-11-23)21-10-12-9-13(16)14(17)22(12)2;/h6,8-9,11H,3-5,7,10H2,1-2H3,(H2,19,20,21);1H. The van der Waals surface area contributed by atoms with Gasteiger partial charge in [-0.3, -0.25) is 0 Å². The van der Waals surface area contributed by atoms with E-state index in [0.717, 1.165) is 37.7 Å². The summed E-state index contributed by atoms with van der Waals surface area (Å²) in [6.07, 6.45) is 6.56. The summed E-state index contributed by atoms with van der Waals surface area (Å²) >= 11 is 12.1. The molecule has 2 aromatic heterocycles. The SMILES string of the molecule is CCNC(=NCc1cc(Cl)c(Cl)n1C)NCCCn1ccnc1.I. The van der Waals surface area contributed by atoms with E-state index in [1.54, 1.807) is 6.20 Å². The lowest BCUT2D eigenvalue weighted by molar-refractivity contribution is 0.624. The number of aromatic nitrogens is 3. The first kappa shape index (κ1) is 21.1. The van der Waals surface area contributed by atoms with Crippen LogP contribution in [-0.2, 0) is 20.1 Å². The fourth-order valence-electron chi connectivity index (χ4n) is 2.13. The molecule has 0 aliphatic rings. The van der Waals surface area contributed by atoms with Gasteiger partial charge in [0.25, 0.3) is 0 Å². The van der Waals surface area contributed by atoms with Crippen LogP contribution in [0.5, 0.6) is 0 Å². The molecule has 0 saturated heterocycles. The number of nitrogens with one attached hydrogen (secondary N) is 2. The van der Waals surface area contributed by atoms with Gasteiger partial charge < -0.3 is 19.8 Å². The van der Waals surface area contributed by atoms with Crippen LogP contribution in [0.25, 0.3) is 0 Å². The molecule has 0 aromatic carbocycles. The van der Waals surface area contributed by atoms with Gasteiger partial charge in [-0.15, -0.1) is 24.0 Å². The number of hydrogen-bond donors (Lipinski definition) is 2. The molecule has 0 radical (unpaired) electrons. The van der Waals surface area contributed by atoms with Crippen molar-refractivity contribution in [3.8, 4) is 0 Å². The van der Waals surface area contributed by atoms with Gasteiger partial charge in [-0.05, 0) is 19.4 Å². The van der Waals surface area contributed by atoms with Crippen molar-refractivity contribution in [1.82, 2.24) is 24.8 Å². The van der Waals surface area contributed by atoms with Gasteiger partial charge in [0, 0.05) is 44.8 Å². The zero-order chi connectivity index (χ0) is 16.7. The monoisotopic (exact) mass is 484 g/mol. The van der Waals surface area contributed by atoms with Gasteiger partial charge >= 0.3 is 0 Å². The number of aliphatic imine (C=N–C) groups is 1. The van der Waals surface area contributed by atoms with Crippen LogP contribution in [0.15, 0.2) is 29.8 Å². The van der Waals surface area contributed by atoms with Crippen molar-refractivity contribution in [1.29, 1.82) is 0 Å². The lowest BCUT2D eigenvalue weighted by Gasteiger charge is -2.11. The Morgan fingerprint density at radius 2 is 2.12 bits per heavy atom. The second kappa shape index (κ2) is 10.8. The summed E-state index contributed by atoms with van der Waals surface area (Å²) in [7, 11) is 1.88. The Hall–Kier alpha value is -0.930. The van der Waals surface area contributed by atoms with Crippen LogP contribution in [-0.4, -0.2) is 33.2 Å². The number of imidazole rings is 1. The van der Waals surface area contributed by atoms with Crippen LogP contribution in [0.3, 0.4) is 0 Å². The smallest absolute Gasteiger partial charge is 0.191 e. The summed E-state index contributed by atoms with van der Waals surface area (Å²) in [4.78, 5) is 8.60. The molecule has 9 heteroatoms. The van der Waals surface area contributed by atoms with Crippen LogP contribution >= 0.6 is 47.2 Å². The van der Waals surface area contributed by atoms with Crippen LogP contribution < -0.4 is 10.6 Å². The molecule has 2 aromatic rings. The average molecular weight is 485 g/mol. The average Bonchev–Trinajstić information content (AvgIpc) is 3.14. The Morgan fingerprint density at radius 3 is 2.71 bits per heavy atom. The van der Waals surface area contributed by atoms with E-state index in [2.05, 4.69) is 25.2 Å². The maximum absolute atomic E-state index is 6.07. The van der Waals surface area contributed by atoms with E-state index in [1.165, 1.54) is 0 Å². The maximum atomic E-state index is 6.07. The van der Waals surface area contributed by atoms with Crippen molar-refractivity contribution in [2.24, 2.45) is 12.0 Å². The highest BCUT2D eigenvalue weighted by Crippen LogP contribution is 2.25. The fraction of sp³-hybridized carbons (Fsp3) is 0.467. The summed E-state index contributed by atoms with van der Waals surface area (Å²) in [6, 6.07) is 1.84. The largest absolute Gasteiger partial charge is 0.357 e. The van der Waals surface area contributed by atoms with E-state index in [-0.39, 0.29) is 24.0 Å². The molecule has 2 heterocycles. The van der Waals surface area contributed by atoms with E-state index in [9.17, 15) is 0 Å². The second-order valence-electron chi connectivity index (χ2n) is 5.11. The Morgan fingerprint density at radius 1 is 1.33 bits per heavy atom. The Balaban J connectivity index is 0.00000288. The quantitative estimate of drug-likeness (QED) is 0.274. The number of rotatable bonds is 7. The van der Waals surface area contributed by atoms with Crippen LogP contribution in [0.1, 0.15) is 19.0 Å². The summed E-state index contributed by atoms with van der Waals surface area (Å²) in [5.74, 6) is 0.784. The predicted molar refractivity (Wildman–Crippen MR) is 111 cm³/mol. The Labute approximate surface area is 169 Å². The molecule has 0 bridgehead atoms. The minimum atomic E-state index is 0. The van der Waals surface area contributed by atoms with Crippen LogP contribution in [0.2, 0.25) is 10.2 Å². The summed E-state index contributed by atoms with van der Waals surface area (Å²) in [5, 5.41) is 7.65. The Bertz CT molecular complexity index is 639. The molecule has 0 atom stereocenters. The number of guanidine groups is 1. The van der Waals surface area contributed by atoms with Crippen molar-refractivity contribution in [3.63, 3.8) is 0 Å². The van der Waals surface area contributed by atoms with E-state index >= 15 is 0 Å². The van der Waals surface area contributed by atoms with Crippen molar-refractivity contribution < 1.29 is 0 Å².